The third-order valence-electron chi connectivity index (χ3n) is 1.95. The van der Waals surface area contributed by atoms with Crippen LogP contribution >= 0.6 is 7.37 Å². The van der Waals surface area contributed by atoms with Gasteiger partial charge in [-0.1, -0.05) is 30.3 Å². The van der Waals surface area contributed by atoms with Gasteiger partial charge >= 0.3 is 5.97 Å². The van der Waals surface area contributed by atoms with Crippen LogP contribution in [0, 0.1) is 0 Å². The van der Waals surface area contributed by atoms with Gasteiger partial charge in [0.05, 0.1) is 6.42 Å². The first kappa shape index (κ1) is 12.0. The molecule has 82 valence electrons. The van der Waals surface area contributed by atoms with Crippen LogP contribution in [0.4, 0.5) is 0 Å². The SMILES string of the molecule is O=C(O)CCP(=O)(O)Cc1ccccc1. The fraction of sp³-hybridized carbons (Fsp3) is 0.300. The van der Waals surface area contributed by atoms with E-state index in [0.29, 0.717) is 0 Å². The number of carboxylic acid groups (broad SMARTS) is 1. The van der Waals surface area contributed by atoms with Gasteiger partial charge in [-0.25, -0.2) is 0 Å². The standard InChI is InChI=1S/C10H13O4P/c11-10(12)6-7-15(13,14)8-9-4-2-1-3-5-9/h1-5H,6-8H2,(H,11,12)(H,13,14). The van der Waals surface area contributed by atoms with Gasteiger partial charge in [-0.3, -0.25) is 9.36 Å². The van der Waals surface area contributed by atoms with Crippen molar-refractivity contribution in [1.29, 1.82) is 0 Å². The number of aliphatic carboxylic acids is 1. The van der Waals surface area contributed by atoms with E-state index in [2.05, 4.69) is 0 Å². The van der Waals surface area contributed by atoms with Crippen molar-refractivity contribution in [2.24, 2.45) is 0 Å². The largest absolute Gasteiger partial charge is 0.481 e. The number of hydrogen-bond donors (Lipinski definition) is 2. The van der Waals surface area contributed by atoms with Gasteiger partial charge < -0.3 is 10.00 Å². The lowest BCUT2D eigenvalue weighted by Gasteiger charge is -2.09. The fourth-order valence-corrected chi connectivity index (χ4v) is 2.70. The first-order valence-electron chi connectivity index (χ1n) is 4.56. The lowest BCUT2D eigenvalue weighted by atomic mass is 10.2. The van der Waals surface area contributed by atoms with Crippen molar-refractivity contribution in [1.82, 2.24) is 0 Å². The summed E-state index contributed by atoms with van der Waals surface area (Å²) in [5, 5.41) is 8.41. The minimum Gasteiger partial charge on any atom is -0.481 e. The summed E-state index contributed by atoms with van der Waals surface area (Å²) < 4.78 is 11.6. The van der Waals surface area contributed by atoms with Crippen molar-refractivity contribution in [3.63, 3.8) is 0 Å². The Bertz CT molecular complexity index is 374. The number of benzene rings is 1. The fourth-order valence-electron chi connectivity index (χ4n) is 1.22. The van der Waals surface area contributed by atoms with E-state index in [1.54, 1.807) is 24.3 Å². The van der Waals surface area contributed by atoms with Gasteiger partial charge in [0, 0.05) is 12.3 Å². The molecule has 0 aliphatic carbocycles. The van der Waals surface area contributed by atoms with Crippen molar-refractivity contribution in [2.45, 2.75) is 12.6 Å². The summed E-state index contributed by atoms with van der Waals surface area (Å²) in [6.45, 7) is 0. The van der Waals surface area contributed by atoms with Crippen LogP contribution < -0.4 is 0 Å². The number of carboxylic acids is 1. The van der Waals surface area contributed by atoms with Crippen molar-refractivity contribution in [3.05, 3.63) is 35.9 Å². The molecule has 0 aliphatic rings. The van der Waals surface area contributed by atoms with Gasteiger partial charge in [0.15, 0.2) is 0 Å². The Labute approximate surface area is 88.0 Å². The second-order valence-electron chi connectivity index (χ2n) is 3.36. The molecule has 1 unspecified atom stereocenters. The molecule has 0 aliphatic heterocycles. The summed E-state index contributed by atoms with van der Waals surface area (Å²) in [7, 11) is -3.35. The molecule has 0 amide bonds. The van der Waals surface area contributed by atoms with E-state index in [1.165, 1.54) is 0 Å². The summed E-state index contributed by atoms with van der Waals surface area (Å²) in [5.74, 6) is -1.04. The topological polar surface area (TPSA) is 74.6 Å². The normalized spacial score (nSPS) is 14.5. The number of carbonyl (C=O) groups is 1. The Kier molecular flexibility index (Phi) is 4.06. The Balaban J connectivity index is 2.57. The highest BCUT2D eigenvalue weighted by Gasteiger charge is 2.19. The molecule has 0 aromatic heterocycles. The predicted molar refractivity (Wildman–Crippen MR) is 57.1 cm³/mol. The third-order valence-corrected chi connectivity index (χ3v) is 3.73. The molecule has 0 radical (unpaired) electrons. The molecule has 0 saturated carbocycles. The molecule has 1 aromatic rings. The summed E-state index contributed by atoms with van der Waals surface area (Å²) in [5.41, 5.74) is 0.758. The van der Waals surface area contributed by atoms with Crippen molar-refractivity contribution in [3.8, 4) is 0 Å². The van der Waals surface area contributed by atoms with Crippen LogP contribution in [0.25, 0.3) is 0 Å². The van der Waals surface area contributed by atoms with Crippen LogP contribution in [0.2, 0.25) is 0 Å². The van der Waals surface area contributed by atoms with E-state index in [4.69, 9.17) is 5.11 Å². The molecule has 15 heavy (non-hydrogen) atoms. The van der Waals surface area contributed by atoms with Crippen molar-refractivity contribution < 1.29 is 19.4 Å². The lowest BCUT2D eigenvalue weighted by Crippen LogP contribution is -2.01. The van der Waals surface area contributed by atoms with Gasteiger partial charge in [-0.15, -0.1) is 0 Å². The van der Waals surface area contributed by atoms with Crippen LogP contribution in [-0.4, -0.2) is 22.1 Å². The molecule has 1 atom stereocenters. The summed E-state index contributed by atoms with van der Waals surface area (Å²) in [6.07, 6.45) is -0.390. The Morgan fingerprint density at radius 3 is 2.40 bits per heavy atom. The zero-order valence-corrected chi connectivity index (χ0v) is 9.06. The summed E-state index contributed by atoms with van der Waals surface area (Å²) in [4.78, 5) is 19.8. The van der Waals surface area contributed by atoms with Crippen molar-refractivity contribution >= 4 is 13.3 Å². The molecule has 4 nitrogen and oxygen atoms in total. The second-order valence-corrected chi connectivity index (χ2v) is 5.81. The average Bonchev–Trinajstić information content (AvgIpc) is 2.16. The Morgan fingerprint density at radius 2 is 1.87 bits per heavy atom. The van der Waals surface area contributed by atoms with Crippen LogP contribution in [0.1, 0.15) is 12.0 Å². The highest BCUT2D eigenvalue weighted by Crippen LogP contribution is 2.44. The zero-order chi connectivity index (χ0) is 11.3. The highest BCUT2D eigenvalue weighted by atomic mass is 31.2. The minimum atomic E-state index is -3.35. The third kappa shape index (κ3) is 4.77. The quantitative estimate of drug-likeness (QED) is 0.755. The summed E-state index contributed by atoms with van der Waals surface area (Å²) >= 11 is 0. The second kappa shape index (κ2) is 5.10. The van der Waals surface area contributed by atoms with E-state index >= 15 is 0 Å². The van der Waals surface area contributed by atoms with E-state index < -0.39 is 13.3 Å². The Hall–Kier alpha value is -1.12. The van der Waals surface area contributed by atoms with Crippen LogP contribution in [-0.2, 0) is 15.5 Å². The molecular formula is C10H13O4P. The first-order valence-corrected chi connectivity index (χ1v) is 6.59. The molecular weight excluding hydrogens is 215 g/mol. The molecule has 0 heterocycles. The van der Waals surface area contributed by atoms with Gasteiger partial charge in [0.25, 0.3) is 0 Å². The van der Waals surface area contributed by atoms with Crippen molar-refractivity contribution in [2.75, 3.05) is 6.16 Å². The molecule has 5 heteroatoms. The monoisotopic (exact) mass is 228 g/mol. The average molecular weight is 228 g/mol. The van der Waals surface area contributed by atoms with Crippen LogP contribution in [0.3, 0.4) is 0 Å². The van der Waals surface area contributed by atoms with Gasteiger partial charge in [0.2, 0.25) is 7.37 Å². The maximum Gasteiger partial charge on any atom is 0.303 e. The van der Waals surface area contributed by atoms with Gasteiger partial charge in [0.1, 0.15) is 0 Å². The molecule has 0 saturated heterocycles. The molecule has 0 bridgehead atoms. The molecule has 1 rings (SSSR count). The lowest BCUT2D eigenvalue weighted by molar-refractivity contribution is -0.136. The maximum absolute atomic E-state index is 11.6. The van der Waals surface area contributed by atoms with Crippen LogP contribution in [0.5, 0.6) is 0 Å². The predicted octanol–water partition coefficient (Wildman–Crippen LogP) is 1.93. The minimum absolute atomic E-state index is 0.0428. The molecule has 2 N–H and O–H groups in total. The van der Waals surface area contributed by atoms with E-state index in [9.17, 15) is 14.3 Å². The summed E-state index contributed by atoms with van der Waals surface area (Å²) in [6, 6.07) is 8.90. The number of rotatable bonds is 5. The van der Waals surface area contributed by atoms with Gasteiger partial charge in [-0.05, 0) is 5.56 Å². The smallest absolute Gasteiger partial charge is 0.303 e. The first-order chi connectivity index (χ1) is 6.99. The highest BCUT2D eigenvalue weighted by molar-refractivity contribution is 7.57. The molecule has 0 spiro atoms. The van der Waals surface area contributed by atoms with E-state index in [1.807, 2.05) is 6.07 Å². The van der Waals surface area contributed by atoms with Gasteiger partial charge in [-0.2, -0.15) is 0 Å². The van der Waals surface area contributed by atoms with Crippen LogP contribution in [0.15, 0.2) is 30.3 Å². The molecule has 1 aromatic carbocycles. The van der Waals surface area contributed by atoms with E-state index in [0.717, 1.165) is 5.56 Å². The molecule has 0 fully saturated rings. The maximum atomic E-state index is 11.6. The number of hydrogen-bond acceptors (Lipinski definition) is 2. The van der Waals surface area contributed by atoms with E-state index in [-0.39, 0.29) is 18.7 Å². The Morgan fingerprint density at radius 1 is 1.27 bits per heavy atom. The zero-order valence-electron chi connectivity index (χ0n) is 8.17.